The van der Waals surface area contributed by atoms with Crippen LogP contribution in [0, 0.1) is 13.8 Å². The number of nitrogens with zero attached hydrogens (tertiary/aromatic N) is 3. The maximum atomic E-state index is 12.5. The molecule has 0 radical (unpaired) electrons. The second-order valence-electron chi connectivity index (χ2n) is 6.89. The van der Waals surface area contributed by atoms with Crippen LogP contribution in [0.5, 0.6) is 5.88 Å². The summed E-state index contributed by atoms with van der Waals surface area (Å²) in [4.78, 5) is 28.7. The number of benzene rings is 1. The molecule has 0 spiro atoms. The van der Waals surface area contributed by atoms with Crippen LogP contribution in [-0.2, 0) is 18.0 Å². The van der Waals surface area contributed by atoms with Crippen LogP contribution in [-0.4, -0.2) is 25.6 Å². The number of rotatable bonds is 6. The van der Waals surface area contributed by atoms with E-state index in [1.54, 1.807) is 12.1 Å². The highest BCUT2D eigenvalue weighted by molar-refractivity contribution is 5.89. The molecule has 8 heteroatoms. The van der Waals surface area contributed by atoms with E-state index in [0.29, 0.717) is 23.7 Å². The van der Waals surface area contributed by atoms with Crippen LogP contribution in [0.3, 0.4) is 0 Å². The van der Waals surface area contributed by atoms with Crippen LogP contribution in [0.4, 0.5) is 0 Å². The van der Waals surface area contributed by atoms with Crippen molar-refractivity contribution >= 4 is 11.6 Å². The molecule has 8 nitrogen and oxygen atoms in total. The predicted molar refractivity (Wildman–Crippen MR) is 109 cm³/mol. The first kappa shape index (κ1) is 19.4. The molecule has 0 aliphatic rings. The Balaban J connectivity index is 1.52. The van der Waals surface area contributed by atoms with Gasteiger partial charge in [-0.25, -0.2) is 24.1 Å². The van der Waals surface area contributed by atoms with E-state index < -0.39 is 11.7 Å². The van der Waals surface area contributed by atoms with Gasteiger partial charge in [0.15, 0.2) is 5.65 Å². The number of hydrogen-bond donors (Lipinski definition) is 1. The number of carbonyl (C=O) groups excluding carboxylic acids is 1. The van der Waals surface area contributed by atoms with Gasteiger partial charge in [0.1, 0.15) is 13.2 Å². The zero-order chi connectivity index (χ0) is 21.1. The molecule has 0 saturated heterocycles. The maximum Gasteiger partial charge on any atom is 0.347 e. The van der Waals surface area contributed by atoms with E-state index in [1.165, 1.54) is 10.6 Å². The Bertz CT molecular complexity index is 1260. The van der Waals surface area contributed by atoms with Gasteiger partial charge in [-0.2, -0.15) is 5.10 Å². The third-order valence-corrected chi connectivity index (χ3v) is 4.65. The number of aryl methyl sites for hydroxylation is 2. The summed E-state index contributed by atoms with van der Waals surface area (Å²) in [7, 11) is 0. The van der Waals surface area contributed by atoms with E-state index in [4.69, 9.17) is 9.47 Å². The van der Waals surface area contributed by atoms with Gasteiger partial charge < -0.3 is 9.47 Å². The molecule has 0 fully saturated rings. The topological polar surface area (TPSA) is 98.6 Å². The SMILES string of the molecule is Cc1cc(C)c(COC(=O)c2ccc3n[nH]c(=O)n3c2)c(OCc2ccccc2)n1. The number of aromatic nitrogens is 4. The lowest BCUT2D eigenvalue weighted by Crippen LogP contribution is -2.13. The number of aromatic amines is 1. The average Bonchev–Trinajstić information content (AvgIpc) is 3.12. The van der Waals surface area contributed by atoms with Gasteiger partial charge in [-0.15, -0.1) is 0 Å². The van der Waals surface area contributed by atoms with Crippen LogP contribution >= 0.6 is 0 Å². The Morgan fingerprint density at radius 2 is 1.90 bits per heavy atom. The van der Waals surface area contributed by atoms with E-state index >= 15 is 0 Å². The first-order valence-electron chi connectivity index (χ1n) is 9.39. The van der Waals surface area contributed by atoms with Gasteiger partial charge >= 0.3 is 11.7 Å². The van der Waals surface area contributed by atoms with Crippen LogP contribution in [0.15, 0.2) is 59.5 Å². The smallest absolute Gasteiger partial charge is 0.347 e. The third kappa shape index (κ3) is 4.07. The first-order valence-corrected chi connectivity index (χ1v) is 9.39. The monoisotopic (exact) mass is 404 g/mol. The Kier molecular flexibility index (Phi) is 5.30. The van der Waals surface area contributed by atoms with Crippen molar-refractivity contribution in [3.05, 3.63) is 93.2 Å². The molecule has 0 unspecified atom stereocenters. The number of nitrogens with one attached hydrogen (secondary N) is 1. The van der Waals surface area contributed by atoms with E-state index in [0.717, 1.165) is 16.8 Å². The largest absolute Gasteiger partial charge is 0.472 e. The number of fused-ring (bicyclic) bond motifs is 1. The lowest BCUT2D eigenvalue weighted by Gasteiger charge is -2.14. The van der Waals surface area contributed by atoms with E-state index in [2.05, 4.69) is 15.2 Å². The number of H-pyrrole nitrogens is 1. The minimum atomic E-state index is -0.556. The minimum Gasteiger partial charge on any atom is -0.472 e. The summed E-state index contributed by atoms with van der Waals surface area (Å²) in [5, 5.41) is 6.17. The van der Waals surface area contributed by atoms with Crippen molar-refractivity contribution < 1.29 is 14.3 Å². The number of hydrogen-bond acceptors (Lipinski definition) is 6. The highest BCUT2D eigenvalue weighted by Gasteiger charge is 2.15. The highest BCUT2D eigenvalue weighted by atomic mass is 16.5. The van der Waals surface area contributed by atoms with Crippen molar-refractivity contribution in [3.8, 4) is 5.88 Å². The molecule has 0 atom stereocenters. The second-order valence-corrected chi connectivity index (χ2v) is 6.89. The minimum absolute atomic E-state index is 0.000389. The molecule has 4 aromatic rings. The summed E-state index contributed by atoms with van der Waals surface area (Å²) < 4.78 is 12.7. The van der Waals surface area contributed by atoms with Gasteiger partial charge in [0.05, 0.1) is 11.1 Å². The molecule has 3 heterocycles. The quantitative estimate of drug-likeness (QED) is 0.496. The van der Waals surface area contributed by atoms with Gasteiger partial charge in [0.25, 0.3) is 0 Å². The molecule has 0 aliphatic carbocycles. The van der Waals surface area contributed by atoms with Gasteiger partial charge in [-0.3, -0.25) is 0 Å². The molecular weight excluding hydrogens is 384 g/mol. The molecule has 4 rings (SSSR count). The van der Waals surface area contributed by atoms with Crippen molar-refractivity contribution in [2.45, 2.75) is 27.1 Å². The van der Waals surface area contributed by atoms with Crippen LogP contribution in [0.25, 0.3) is 5.65 Å². The van der Waals surface area contributed by atoms with E-state index in [-0.39, 0.29) is 12.2 Å². The van der Waals surface area contributed by atoms with Gasteiger partial charge in [0.2, 0.25) is 5.88 Å². The van der Waals surface area contributed by atoms with Crippen LogP contribution < -0.4 is 10.4 Å². The third-order valence-electron chi connectivity index (χ3n) is 4.65. The number of carbonyl (C=O) groups is 1. The molecule has 3 aromatic heterocycles. The first-order chi connectivity index (χ1) is 14.5. The Labute approximate surface area is 172 Å². The van der Waals surface area contributed by atoms with Gasteiger partial charge in [-0.1, -0.05) is 30.3 Å². The lowest BCUT2D eigenvalue weighted by atomic mass is 10.1. The summed E-state index contributed by atoms with van der Waals surface area (Å²) in [6, 6.07) is 14.8. The predicted octanol–water partition coefficient (Wildman–Crippen LogP) is 2.97. The molecule has 1 aromatic carbocycles. The molecular formula is C22H20N4O4. The van der Waals surface area contributed by atoms with E-state index in [1.807, 2.05) is 50.2 Å². The normalized spacial score (nSPS) is 10.9. The molecule has 0 amide bonds. The van der Waals surface area contributed by atoms with Crippen molar-refractivity contribution in [2.75, 3.05) is 0 Å². The number of pyridine rings is 2. The molecule has 0 saturated carbocycles. The zero-order valence-electron chi connectivity index (χ0n) is 16.6. The van der Waals surface area contributed by atoms with Crippen molar-refractivity contribution in [2.24, 2.45) is 0 Å². The van der Waals surface area contributed by atoms with Crippen molar-refractivity contribution in [3.63, 3.8) is 0 Å². The van der Waals surface area contributed by atoms with Crippen molar-refractivity contribution in [1.29, 1.82) is 0 Å². The fourth-order valence-electron chi connectivity index (χ4n) is 3.10. The van der Waals surface area contributed by atoms with Crippen molar-refractivity contribution in [1.82, 2.24) is 19.6 Å². The molecule has 0 aliphatic heterocycles. The van der Waals surface area contributed by atoms with E-state index in [9.17, 15) is 9.59 Å². The Morgan fingerprint density at radius 3 is 2.70 bits per heavy atom. The summed E-state index contributed by atoms with van der Waals surface area (Å²) in [6.07, 6.45) is 1.40. The zero-order valence-corrected chi connectivity index (χ0v) is 16.6. The Morgan fingerprint density at radius 1 is 1.10 bits per heavy atom. The standard InChI is InChI=1S/C22H20N4O4/c1-14-10-15(2)23-20(29-12-16-6-4-3-5-7-16)18(14)13-30-21(27)17-8-9-19-24-25-22(28)26(19)11-17/h3-11H,12-13H2,1-2H3,(H,25,28). The van der Waals surface area contributed by atoms with Gasteiger partial charge in [0, 0.05) is 11.9 Å². The molecule has 1 N–H and O–H groups in total. The fraction of sp³-hybridized carbons (Fsp3) is 0.182. The fourth-order valence-corrected chi connectivity index (χ4v) is 3.10. The molecule has 0 bridgehead atoms. The molecule has 30 heavy (non-hydrogen) atoms. The van der Waals surface area contributed by atoms with Gasteiger partial charge in [-0.05, 0) is 43.2 Å². The summed E-state index contributed by atoms with van der Waals surface area (Å²) in [5.41, 5.74) is 3.69. The number of esters is 1. The number of ether oxygens (including phenoxy) is 2. The molecule has 152 valence electrons. The summed E-state index contributed by atoms with van der Waals surface area (Å²) in [5.74, 6) is -0.121. The highest BCUT2D eigenvalue weighted by Crippen LogP contribution is 2.23. The summed E-state index contributed by atoms with van der Waals surface area (Å²) in [6.45, 7) is 4.17. The van der Waals surface area contributed by atoms with Crippen LogP contribution in [0.1, 0.15) is 32.7 Å². The lowest BCUT2D eigenvalue weighted by molar-refractivity contribution is 0.0467. The van der Waals surface area contributed by atoms with Crippen LogP contribution in [0.2, 0.25) is 0 Å². The maximum absolute atomic E-state index is 12.5. The second kappa shape index (κ2) is 8.20. The summed E-state index contributed by atoms with van der Waals surface area (Å²) >= 11 is 0. The Hall–Kier alpha value is -3.94. The average molecular weight is 404 g/mol.